The third kappa shape index (κ3) is 3.71. The minimum atomic E-state index is -0.537. The number of rotatable bonds is 6. The van der Waals surface area contributed by atoms with E-state index in [9.17, 15) is 9.59 Å². The highest BCUT2D eigenvalue weighted by molar-refractivity contribution is 5.94. The Morgan fingerprint density at radius 1 is 1.23 bits per heavy atom. The van der Waals surface area contributed by atoms with E-state index in [1.807, 2.05) is 37.3 Å². The van der Waals surface area contributed by atoms with E-state index in [1.54, 1.807) is 23.8 Å². The molecule has 0 aliphatic carbocycles. The normalized spacial score (nSPS) is 17.7. The molecule has 2 amide bonds. The lowest BCUT2D eigenvalue weighted by Gasteiger charge is -2.38. The number of piperazine rings is 1. The van der Waals surface area contributed by atoms with Gasteiger partial charge in [-0.3, -0.25) is 9.59 Å². The van der Waals surface area contributed by atoms with E-state index in [4.69, 9.17) is 9.26 Å². The Balaban J connectivity index is 1.67. The van der Waals surface area contributed by atoms with Gasteiger partial charge in [-0.2, -0.15) is 0 Å². The second kappa shape index (κ2) is 7.59. The summed E-state index contributed by atoms with van der Waals surface area (Å²) < 4.78 is 10.4. The van der Waals surface area contributed by atoms with Crippen molar-refractivity contribution in [2.75, 3.05) is 13.7 Å². The number of amides is 2. The van der Waals surface area contributed by atoms with Gasteiger partial charge in [0.15, 0.2) is 5.76 Å². The molecule has 0 radical (unpaired) electrons. The Hall–Kier alpha value is -2.83. The van der Waals surface area contributed by atoms with E-state index in [0.717, 1.165) is 23.4 Å². The summed E-state index contributed by atoms with van der Waals surface area (Å²) in [6.07, 6.45) is 0.765. The Morgan fingerprint density at radius 2 is 1.96 bits per heavy atom. The summed E-state index contributed by atoms with van der Waals surface area (Å²) in [5, 5.41) is 3.94. The van der Waals surface area contributed by atoms with Crippen LogP contribution >= 0.6 is 0 Å². The lowest BCUT2D eigenvalue weighted by Crippen LogP contribution is -2.57. The van der Waals surface area contributed by atoms with E-state index in [2.05, 4.69) is 5.16 Å². The predicted octanol–water partition coefficient (Wildman–Crippen LogP) is 2.01. The SMILES string of the molecule is CCc1cc(CN2C(=O)CN(Cc3ccc(OC)cc3)C(=O)[C@@H]2C)on1. The van der Waals surface area contributed by atoms with Crippen molar-refractivity contribution in [1.82, 2.24) is 15.0 Å². The van der Waals surface area contributed by atoms with Crippen molar-refractivity contribution in [1.29, 1.82) is 0 Å². The molecule has 1 atom stereocenters. The molecule has 0 spiro atoms. The Kier molecular flexibility index (Phi) is 5.25. The third-order valence-electron chi connectivity index (χ3n) is 4.61. The maximum Gasteiger partial charge on any atom is 0.245 e. The van der Waals surface area contributed by atoms with Crippen LogP contribution in [0.15, 0.2) is 34.9 Å². The van der Waals surface area contributed by atoms with Gasteiger partial charge in [-0.05, 0) is 31.0 Å². The van der Waals surface area contributed by atoms with Crippen LogP contribution < -0.4 is 4.74 Å². The maximum absolute atomic E-state index is 12.7. The van der Waals surface area contributed by atoms with Crippen molar-refractivity contribution in [3.05, 3.63) is 47.3 Å². The average molecular weight is 357 g/mol. The number of carbonyl (C=O) groups is 2. The number of methoxy groups -OCH3 is 1. The number of carbonyl (C=O) groups excluding carboxylic acids is 2. The molecule has 1 aliphatic rings. The summed E-state index contributed by atoms with van der Waals surface area (Å²) in [6.45, 7) is 4.45. The van der Waals surface area contributed by atoms with E-state index in [1.165, 1.54) is 0 Å². The Bertz CT molecular complexity index is 784. The first-order chi connectivity index (χ1) is 12.5. The average Bonchev–Trinajstić information content (AvgIpc) is 3.11. The van der Waals surface area contributed by atoms with Crippen LogP contribution in [0.25, 0.3) is 0 Å². The Morgan fingerprint density at radius 3 is 2.58 bits per heavy atom. The summed E-state index contributed by atoms with van der Waals surface area (Å²) in [5.41, 5.74) is 1.79. The van der Waals surface area contributed by atoms with Gasteiger partial charge in [0.1, 0.15) is 18.3 Å². The van der Waals surface area contributed by atoms with Gasteiger partial charge >= 0.3 is 0 Å². The van der Waals surface area contributed by atoms with Gasteiger partial charge in [-0.25, -0.2) is 0 Å². The van der Waals surface area contributed by atoms with Gasteiger partial charge in [-0.1, -0.05) is 24.2 Å². The van der Waals surface area contributed by atoms with E-state index in [0.29, 0.717) is 12.3 Å². The molecule has 1 aliphatic heterocycles. The first-order valence-electron chi connectivity index (χ1n) is 8.67. The lowest BCUT2D eigenvalue weighted by molar-refractivity contribution is -0.156. The molecule has 0 unspecified atom stereocenters. The molecule has 2 heterocycles. The van der Waals surface area contributed by atoms with Gasteiger partial charge in [-0.15, -0.1) is 0 Å². The number of ether oxygens (including phenoxy) is 1. The monoisotopic (exact) mass is 357 g/mol. The van der Waals surface area contributed by atoms with E-state index >= 15 is 0 Å². The molecule has 26 heavy (non-hydrogen) atoms. The summed E-state index contributed by atoms with van der Waals surface area (Å²) in [6, 6.07) is 8.77. The fourth-order valence-electron chi connectivity index (χ4n) is 3.02. The second-order valence-corrected chi connectivity index (χ2v) is 6.38. The maximum atomic E-state index is 12.7. The van der Waals surface area contributed by atoms with Crippen molar-refractivity contribution >= 4 is 11.8 Å². The highest BCUT2D eigenvalue weighted by atomic mass is 16.5. The largest absolute Gasteiger partial charge is 0.497 e. The minimum Gasteiger partial charge on any atom is -0.497 e. The first kappa shape index (κ1) is 18.0. The standard InChI is InChI=1S/C19H23N3O4/c1-4-15-9-17(26-20-15)11-22-13(2)19(24)21(12-18(22)23)10-14-5-7-16(25-3)8-6-14/h5-9,13H,4,10-12H2,1-3H3/t13-/m0/s1. The molecule has 0 bridgehead atoms. The molecule has 3 rings (SSSR count). The molecule has 1 aromatic heterocycles. The van der Waals surface area contributed by atoms with Crippen molar-refractivity contribution in [2.24, 2.45) is 0 Å². The van der Waals surface area contributed by atoms with Crippen LogP contribution in [0.1, 0.15) is 30.9 Å². The Labute approximate surface area is 152 Å². The van der Waals surface area contributed by atoms with Crippen LogP contribution in [0.3, 0.4) is 0 Å². The number of hydrogen-bond acceptors (Lipinski definition) is 5. The lowest BCUT2D eigenvalue weighted by atomic mass is 10.1. The van der Waals surface area contributed by atoms with Crippen molar-refractivity contribution in [3.63, 3.8) is 0 Å². The fraction of sp³-hybridized carbons (Fsp3) is 0.421. The fourth-order valence-corrected chi connectivity index (χ4v) is 3.02. The van der Waals surface area contributed by atoms with Crippen LogP contribution in [0.5, 0.6) is 5.75 Å². The number of hydrogen-bond donors (Lipinski definition) is 0. The van der Waals surface area contributed by atoms with Gasteiger partial charge < -0.3 is 19.1 Å². The number of nitrogens with zero attached hydrogens (tertiary/aromatic N) is 3. The molecule has 7 heteroatoms. The summed E-state index contributed by atoms with van der Waals surface area (Å²) >= 11 is 0. The van der Waals surface area contributed by atoms with Gasteiger partial charge in [0.2, 0.25) is 11.8 Å². The molecule has 138 valence electrons. The van der Waals surface area contributed by atoms with E-state index < -0.39 is 6.04 Å². The molecule has 0 saturated carbocycles. The van der Waals surface area contributed by atoms with Crippen LogP contribution in [-0.4, -0.2) is 46.5 Å². The zero-order chi connectivity index (χ0) is 18.7. The number of aryl methyl sites for hydroxylation is 1. The van der Waals surface area contributed by atoms with Crippen LogP contribution in [0.2, 0.25) is 0 Å². The summed E-state index contributed by atoms with van der Waals surface area (Å²) in [5.74, 6) is 1.18. The van der Waals surface area contributed by atoms with Crippen LogP contribution in [-0.2, 0) is 29.1 Å². The third-order valence-corrected chi connectivity index (χ3v) is 4.61. The van der Waals surface area contributed by atoms with Crippen molar-refractivity contribution < 1.29 is 18.8 Å². The second-order valence-electron chi connectivity index (χ2n) is 6.38. The molecule has 1 saturated heterocycles. The van der Waals surface area contributed by atoms with Gasteiger partial charge in [0.25, 0.3) is 0 Å². The van der Waals surface area contributed by atoms with Crippen molar-refractivity contribution in [2.45, 2.75) is 39.4 Å². The van der Waals surface area contributed by atoms with E-state index in [-0.39, 0.29) is 24.9 Å². The zero-order valence-corrected chi connectivity index (χ0v) is 15.3. The number of aromatic nitrogens is 1. The summed E-state index contributed by atoms with van der Waals surface area (Å²) in [4.78, 5) is 28.4. The molecule has 1 aromatic carbocycles. The highest BCUT2D eigenvalue weighted by Gasteiger charge is 2.36. The summed E-state index contributed by atoms with van der Waals surface area (Å²) in [7, 11) is 1.61. The smallest absolute Gasteiger partial charge is 0.245 e. The topological polar surface area (TPSA) is 75.9 Å². The molecular weight excluding hydrogens is 334 g/mol. The minimum absolute atomic E-state index is 0.0595. The van der Waals surface area contributed by atoms with Crippen LogP contribution in [0, 0.1) is 0 Å². The quantitative estimate of drug-likeness (QED) is 0.790. The van der Waals surface area contributed by atoms with Gasteiger partial charge in [0.05, 0.1) is 19.3 Å². The van der Waals surface area contributed by atoms with Crippen molar-refractivity contribution in [3.8, 4) is 5.75 Å². The highest BCUT2D eigenvalue weighted by Crippen LogP contribution is 2.20. The molecule has 2 aromatic rings. The van der Waals surface area contributed by atoms with Gasteiger partial charge in [0, 0.05) is 12.6 Å². The first-order valence-corrected chi connectivity index (χ1v) is 8.67. The molecular formula is C19H23N3O4. The van der Waals surface area contributed by atoms with Crippen LogP contribution in [0.4, 0.5) is 0 Å². The zero-order valence-electron chi connectivity index (χ0n) is 15.3. The molecule has 0 N–H and O–H groups in total. The molecule has 1 fully saturated rings. The molecule has 7 nitrogen and oxygen atoms in total. The number of benzene rings is 1. The predicted molar refractivity (Wildman–Crippen MR) is 94.3 cm³/mol.